The number of rotatable bonds is 11. The summed E-state index contributed by atoms with van der Waals surface area (Å²) >= 11 is -0.826. The molecule has 0 saturated carbocycles. The van der Waals surface area contributed by atoms with Gasteiger partial charge in [-0.2, -0.15) is 6.42 Å². The Balaban J connectivity index is 0.00000171. The Morgan fingerprint density at radius 2 is 0.797 bits per heavy atom. The van der Waals surface area contributed by atoms with Gasteiger partial charge in [0.25, 0.3) is 0 Å². The molecule has 2 atom stereocenters. The first-order chi connectivity index (χ1) is 28.4. The van der Waals surface area contributed by atoms with E-state index in [0.29, 0.717) is 0 Å². The van der Waals surface area contributed by atoms with Crippen molar-refractivity contribution in [3.05, 3.63) is 210 Å². The summed E-state index contributed by atoms with van der Waals surface area (Å²) in [6.45, 7) is 14.1. The molecule has 7 heteroatoms. The molecule has 8 rings (SSSR count). The van der Waals surface area contributed by atoms with Crippen LogP contribution in [-0.4, -0.2) is 16.6 Å². The standard InChI is InChI=1S/C52H53O2Si2.2ClH.Zr/c1-51(2,3)55(41-25-11-7-12-26-41,42-27-13-8-14-28-42)53-49-37-39-23-19-21-33-45(39)47(49)35-36-48-46-34-22-20-24-40(46)38-50(48)54-56(52(4,5)6,43-29-15-9-16-30-43)44-31-17-10-18-32-44;;;/h7-35,37-38,47-48H,36H2,1-6H3;2*1H;/q-1;;;+2/p-2. The van der Waals surface area contributed by atoms with Crippen LogP contribution in [0.1, 0.15) is 82.1 Å². The Kier molecular flexibility index (Phi) is 13.6. The van der Waals surface area contributed by atoms with Gasteiger partial charge in [0.2, 0.25) is 0 Å². The van der Waals surface area contributed by atoms with Crippen molar-refractivity contribution in [3.8, 4) is 0 Å². The number of fused-ring (bicyclic) bond motifs is 2. The van der Waals surface area contributed by atoms with E-state index < -0.39 is 37.5 Å². The molecule has 2 aliphatic rings. The molecule has 0 spiro atoms. The van der Waals surface area contributed by atoms with Gasteiger partial charge in [-0.25, -0.2) is 0 Å². The molecule has 0 bridgehead atoms. The number of halogens is 2. The predicted octanol–water partition coefficient (Wildman–Crippen LogP) is 12.4. The van der Waals surface area contributed by atoms with Gasteiger partial charge >= 0.3 is 54.5 Å². The van der Waals surface area contributed by atoms with Gasteiger partial charge in [-0.05, 0) is 59.7 Å². The summed E-state index contributed by atoms with van der Waals surface area (Å²) in [5.74, 6) is 2.15. The monoisotopic (exact) mass is 925 g/mol. The predicted molar refractivity (Wildman–Crippen MR) is 252 cm³/mol. The molecule has 0 aliphatic heterocycles. The summed E-state index contributed by atoms with van der Waals surface area (Å²) in [4.78, 5) is 0. The Labute approximate surface area is 373 Å². The molecule has 6 aromatic carbocycles. The van der Waals surface area contributed by atoms with Crippen molar-refractivity contribution in [2.24, 2.45) is 0 Å². The van der Waals surface area contributed by atoms with Crippen molar-refractivity contribution in [2.45, 2.75) is 69.9 Å². The molecule has 6 aromatic rings. The third-order valence-corrected chi connectivity index (χ3v) is 21.8. The second-order valence-corrected chi connectivity index (χ2v) is 29.6. The number of allylic oxidation sites excluding steroid dienone is 2. The molecule has 0 aromatic heterocycles. The summed E-state index contributed by atoms with van der Waals surface area (Å²) < 4.78 is 15.6. The summed E-state index contributed by atoms with van der Waals surface area (Å²) in [7, 11) is 4.13. The average Bonchev–Trinajstić information content (AvgIpc) is 3.78. The molecule has 0 amide bonds. The first kappa shape index (κ1) is 43.4. The summed E-state index contributed by atoms with van der Waals surface area (Å²) in [5.41, 5.74) is 5.09. The molecule has 300 valence electrons. The maximum absolute atomic E-state index is 7.82. The van der Waals surface area contributed by atoms with E-state index in [1.807, 2.05) is 0 Å². The maximum atomic E-state index is 7.82. The Morgan fingerprint density at radius 1 is 0.475 bits per heavy atom. The van der Waals surface area contributed by atoms with Crippen LogP contribution in [0, 0.1) is 6.42 Å². The Hall–Kier alpha value is -3.70. The van der Waals surface area contributed by atoms with Gasteiger partial charge < -0.3 is 15.3 Å². The van der Waals surface area contributed by atoms with Gasteiger partial charge in [0, 0.05) is 5.92 Å². The molecule has 59 heavy (non-hydrogen) atoms. The fraction of sp³-hybridized carbons (Fsp3) is 0.212. The second-order valence-electron chi connectivity index (χ2n) is 17.5. The zero-order valence-electron chi connectivity index (χ0n) is 34.8. The summed E-state index contributed by atoms with van der Waals surface area (Å²) in [5, 5.41) is 4.83. The van der Waals surface area contributed by atoms with Crippen molar-refractivity contribution < 1.29 is 29.7 Å². The summed E-state index contributed by atoms with van der Waals surface area (Å²) in [6, 6.07) is 61.7. The van der Waals surface area contributed by atoms with E-state index in [-0.39, 0.29) is 21.9 Å². The van der Waals surface area contributed by atoms with Crippen molar-refractivity contribution in [1.29, 1.82) is 0 Å². The molecule has 0 N–H and O–H groups in total. The number of hydrogen-bond acceptors (Lipinski definition) is 2. The van der Waals surface area contributed by atoms with E-state index in [1.165, 1.54) is 43.0 Å². The van der Waals surface area contributed by atoms with Crippen molar-refractivity contribution in [1.82, 2.24) is 0 Å². The van der Waals surface area contributed by atoms with E-state index in [9.17, 15) is 0 Å². The zero-order chi connectivity index (χ0) is 41.7. The van der Waals surface area contributed by atoms with Crippen molar-refractivity contribution in [3.63, 3.8) is 0 Å². The first-order valence-electron chi connectivity index (χ1n) is 20.5. The van der Waals surface area contributed by atoms with Crippen LogP contribution in [0.5, 0.6) is 0 Å². The average molecular weight is 928 g/mol. The Morgan fingerprint density at radius 3 is 1.20 bits per heavy atom. The van der Waals surface area contributed by atoms with E-state index in [2.05, 4.69) is 230 Å². The zero-order valence-corrected chi connectivity index (χ0v) is 40.8. The number of benzene rings is 6. The van der Waals surface area contributed by atoms with Crippen LogP contribution in [0.3, 0.4) is 0 Å². The SMILES string of the molecule is CC(C)(C)[Si](OC1=Cc2ccccc2C1[CH-]CC1C(O[Si](c2ccccc2)(c2ccccc2)C(C)(C)C)=Cc2ccccc21)(c1ccccc1)c1ccccc1.[Cl][Zr][Cl]. The molecule has 0 heterocycles. The minimum absolute atomic E-state index is 0.00488. The molecular weight excluding hydrogens is 875 g/mol. The van der Waals surface area contributed by atoms with E-state index in [0.717, 1.165) is 17.9 Å². The van der Waals surface area contributed by atoms with Crippen LogP contribution in [0.2, 0.25) is 10.1 Å². The normalized spacial score (nSPS) is 16.1. The molecule has 2 unspecified atom stereocenters. The van der Waals surface area contributed by atoms with Gasteiger partial charge in [0.15, 0.2) is 0 Å². The molecule has 0 fully saturated rings. The van der Waals surface area contributed by atoms with Crippen LogP contribution in [0.4, 0.5) is 0 Å². The van der Waals surface area contributed by atoms with Gasteiger partial charge in [0.1, 0.15) is 0 Å². The number of hydrogen-bond donors (Lipinski definition) is 0. The Bertz CT molecular complexity index is 2130. The summed E-state index contributed by atoms with van der Waals surface area (Å²) in [6.07, 6.45) is 7.96. The molecule has 2 nitrogen and oxygen atoms in total. The van der Waals surface area contributed by atoms with Crippen LogP contribution in [0.25, 0.3) is 12.2 Å². The third-order valence-electron chi connectivity index (χ3n) is 11.9. The molecular formula is C52H53Cl2O2Si2Zr-. The molecule has 0 radical (unpaired) electrons. The molecule has 0 saturated heterocycles. The third kappa shape index (κ3) is 8.61. The fourth-order valence-electron chi connectivity index (χ4n) is 9.29. The van der Waals surface area contributed by atoms with E-state index >= 15 is 0 Å². The van der Waals surface area contributed by atoms with Crippen molar-refractivity contribution >= 4 is 66.6 Å². The van der Waals surface area contributed by atoms with E-state index in [1.54, 1.807) is 0 Å². The van der Waals surface area contributed by atoms with Crippen LogP contribution < -0.4 is 20.7 Å². The fourth-order valence-corrected chi connectivity index (χ4v) is 18.2. The van der Waals surface area contributed by atoms with Gasteiger partial charge in [-0.3, -0.25) is 0 Å². The molecule has 2 aliphatic carbocycles. The van der Waals surface area contributed by atoms with Gasteiger partial charge in [0.05, 0.1) is 11.5 Å². The van der Waals surface area contributed by atoms with E-state index in [4.69, 9.17) is 25.9 Å². The topological polar surface area (TPSA) is 18.5 Å². The second kappa shape index (κ2) is 18.5. The quantitative estimate of drug-likeness (QED) is 0.0952. The minimum atomic E-state index is -2.87. The van der Waals surface area contributed by atoms with Crippen molar-refractivity contribution in [2.75, 3.05) is 0 Å². The van der Waals surface area contributed by atoms with Gasteiger partial charge in [-0.1, -0.05) is 223 Å². The first-order valence-corrected chi connectivity index (χ1v) is 30.6. The van der Waals surface area contributed by atoms with Gasteiger partial charge in [-0.15, -0.1) is 0 Å². The van der Waals surface area contributed by atoms with Crippen LogP contribution in [-0.2, 0) is 29.7 Å². The van der Waals surface area contributed by atoms with Crippen LogP contribution >= 0.6 is 17.0 Å². The van der Waals surface area contributed by atoms with Crippen LogP contribution in [0.15, 0.2) is 181 Å².